The van der Waals surface area contributed by atoms with Gasteiger partial charge in [0.25, 0.3) is 11.1 Å². The van der Waals surface area contributed by atoms with Crippen molar-refractivity contribution in [2.45, 2.75) is 6.54 Å². The van der Waals surface area contributed by atoms with Crippen molar-refractivity contribution in [3.63, 3.8) is 0 Å². The van der Waals surface area contributed by atoms with Crippen LogP contribution in [0.2, 0.25) is 5.02 Å². The molecule has 2 amide bonds. The van der Waals surface area contributed by atoms with Gasteiger partial charge in [0.2, 0.25) is 6.79 Å². The van der Waals surface area contributed by atoms with Crippen molar-refractivity contribution in [2.24, 2.45) is 0 Å². The Hall–Kier alpha value is -1.96. The van der Waals surface area contributed by atoms with Crippen molar-refractivity contribution in [3.05, 3.63) is 50.0 Å². The molecule has 24 heavy (non-hydrogen) atoms. The Morgan fingerprint density at radius 2 is 2.04 bits per heavy atom. The van der Waals surface area contributed by atoms with Gasteiger partial charge in [0.15, 0.2) is 11.5 Å². The highest BCUT2D eigenvalue weighted by Crippen LogP contribution is 2.39. The number of benzene rings is 1. The molecular formula is C16H10ClNO4S2. The lowest BCUT2D eigenvalue weighted by Crippen LogP contribution is -2.27. The monoisotopic (exact) mass is 379 g/mol. The summed E-state index contributed by atoms with van der Waals surface area (Å²) in [6.45, 7) is 0.237. The van der Waals surface area contributed by atoms with Crippen LogP contribution in [0.25, 0.3) is 6.08 Å². The van der Waals surface area contributed by atoms with Crippen molar-refractivity contribution in [2.75, 3.05) is 6.79 Å². The van der Waals surface area contributed by atoms with Gasteiger partial charge in [0.1, 0.15) is 0 Å². The largest absolute Gasteiger partial charge is 0.454 e. The molecule has 2 aliphatic heterocycles. The van der Waals surface area contributed by atoms with Crippen LogP contribution in [0.1, 0.15) is 11.1 Å². The van der Waals surface area contributed by atoms with Crippen molar-refractivity contribution in [1.82, 2.24) is 4.90 Å². The van der Waals surface area contributed by atoms with Crippen LogP contribution in [0.5, 0.6) is 11.5 Å². The van der Waals surface area contributed by atoms with Crippen LogP contribution in [-0.2, 0) is 11.3 Å². The zero-order valence-electron chi connectivity index (χ0n) is 12.2. The molecule has 0 saturated carbocycles. The maximum Gasteiger partial charge on any atom is 0.293 e. The third kappa shape index (κ3) is 2.79. The molecule has 0 radical (unpaired) electrons. The number of thiophene rings is 1. The highest BCUT2D eigenvalue weighted by Gasteiger charge is 2.35. The van der Waals surface area contributed by atoms with Gasteiger partial charge >= 0.3 is 0 Å². The Bertz CT molecular complexity index is 863. The molecule has 2 aliphatic rings. The van der Waals surface area contributed by atoms with Crippen LogP contribution < -0.4 is 9.47 Å². The molecule has 3 heterocycles. The summed E-state index contributed by atoms with van der Waals surface area (Å²) >= 11 is 8.70. The van der Waals surface area contributed by atoms with Crippen molar-refractivity contribution < 1.29 is 19.1 Å². The standard InChI is InChI=1S/C16H10ClNO4S2/c17-11-5-13-12(21-8-22-13)4-10(11)6-18-15(19)14(24-16(18)20)3-9-1-2-23-7-9/h1-5,7H,6,8H2/b14-3-. The zero-order chi connectivity index (χ0) is 16.7. The Labute approximate surface area is 150 Å². The number of thioether (sulfide) groups is 1. The second kappa shape index (κ2) is 6.16. The van der Waals surface area contributed by atoms with E-state index >= 15 is 0 Å². The Kier molecular flexibility index (Phi) is 3.99. The number of hydrogen-bond acceptors (Lipinski definition) is 6. The first kappa shape index (κ1) is 15.6. The summed E-state index contributed by atoms with van der Waals surface area (Å²) < 4.78 is 10.6. The summed E-state index contributed by atoms with van der Waals surface area (Å²) in [5.74, 6) is 0.815. The lowest BCUT2D eigenvalue weighted by Gasteiger charge is -2.14. The first-order chi connectivity index (χ1) is 11.6. The van der Waals surface area contributed by atoms with E-state index in [9.17, 15) is 9.59 Å². The van der Waals surface area contributed by atoms with Gasteiger partial charge in [-0.15, -0.1) is 0 Å². The third-order valence-electron chi connectivity index (χ3n) is 3.58. The van der Waals surface area contributed by atoms with Gasteiger partial charge in [0.05, 0.1) is 11.4 Å². The molecule has 0 spiro atoms. The number of hydrogen-bond donors (Lipinski definition) is 0. The maximum atomic E-state index is 12.5. The van der Waals surface area contributed by atoms with Gasteiger partial charge in [-0.1, -0.05) is 11.6 Å². The maximum absolute atomic E-state index is 12.5. The Morgan fingerprint density at radius 1 is 1.25 bits per heavy atom. The molecule has 0 aliphatic carbocycles. The number of nitrogens with zero attached hydrogens (tertiary/aromatic N) is 1. The normalized spacial score (nSPS) is 18.0. The highest BCUT2D eigenvalue weighted by atomic mass is 35.5. The lowest BCUT2D eigenvalue weighted by molar-refractivity contribution is -0.123. The van der Waals surface area contributed by atoms with E-state index in [4.69, 9.17) is 21.1 Å². The smallest absolute Gasteiger partial charge is 0.293 e. The van der Waals surface area contributed by atoms with Crippen LogP contribution in [0.3, 0.4) is 0 Å². The third-order valence-corrected chi connectivity index (χ3v) is 5.55. The van der Waals surface area contributed by atoms with Crippen molar-refractivity contribution in [3.8, 4) is 11.5 Å². The number of ether oxygens (including phenoxy) is 2. The molecular weight excluding hydrogens is 370 g/mol. The zero-order valence-corrected chi connectivity index (χ0v) is 14.5. The molecule has 2 aromatic rings. The molecule has 8 heteroatoms. The van der Waals surface area contributed by atoms with Gasteiger partial charge in [0, 0.05) is 11.1 Å². The number of amides is 2. The minimum Gasteiger partial charge on any atom is -0.454 e. The van der Waals surface area contributed by atoms with Crippen LogP contribution in [-0.4, -0.2) is 22.8 Å². The molecule has 1 aromatic carbocycles. The summed E-state index contributed by atoms with van der Waals surface area (Å²) in [5, 5.41) is 3.96. The summed E-state index contributed by atoms with van der Waals surface area (Å²) in [6, 6.07) is 5.24. The SMILES string of the molecule is O=C1S/C(=C\c2ccsc2)C(=O)N1Cc1cc2c(cc1Cl)OCO2. The Morgan fingerprint density at radius 3 is 2.79 bits per heavy atom. The average molecular weight is 380 g/mol. The topological polar surface area (TPSA) is 55.8 Å². The molecule has 1 aromatic heterocycles. The van der Waals surface area contributed by atoms with Gasteiger partial charge in [-0.25, -0.2) is 0 Å². The first-order valence-corrected chi connectivity index (χ1v) is 9.11. The van der Waals surface area contributed by atoms with Crippen LogP contribution in [0.4, 0.5) is 4.79 Å². The predicted octanol–water partition coefficient (Wildman–Crippen LogP) is 4.37. The summed E-state index contributed by atoms with van der Waals surface area (Å²) in [6.07, 6.45) is 1.72. The number of carbonyl (C=O) groups is 2. The highest BCUT2D eigenvalue weighted by molar-refractivity contribution is 8.18. The molecule has 0 N–H and O–H groups in total. The molecule has 5 nitrogen and oxygen atoms in total. The Balaban J connectivity index is 1.59. The van der Waals surface area contributed by atoms with Crippen LogP contribution >= 0.6 is 34.7 Å². The van der Waals surface area contributed by atoms with Crippen LogP contribution in [0, 0.1) is 0 Å². The lowest BCUT2D eigenvalue weighted by atomic mass is 10.2. The molecule has 1 saturated heterocycles. The van der Waals surface area contributed by atoms with E-state index in [2.05, 4.69) is 0 Å². The molecule has 4 rings (SSSR count). The van der Waals surface area contributed by atoms with Gasteiger partial charge in [-0.2, -0.15) is 11.3 Å². The van der Waals surface area contributed by atoms with Gasteiger partial charge in [-0.05, 0) is 51.9 Å². The van der Waals surface area contributed by atoms with E-state index in [0.717, 1.165) is 17.3 Å². The molecule has 0 bridgehead atoms. The number of halogens is 1. The van der Waals surface area contributed by atoms with E-state index in [0.29, 0.717) is 27.0 Å². The van der Waals surface area contributed by atoms with E-state index in [1.165, 1.54) is 16.2 Å². The molecule has 122 valence electrons. The predicted molar refractivity (Wildman–Crippen MR) is 93.4 cm³/mol. The van der Waals surface area contributed by atoms with E-state index in [-0.39, 0.29) is 24.5 Å². The fraction of sp³-hybridized carbons (Fsp3) is 0.125. The minimum absolute atomic E-state index is 0.0983. The number of rotatable bonds is 3. The van der Waals surface area contributed by atoms with Crippen molar-refractivity contribution >= 4 is 51.9 Å². The second-order valence-electron chi connectivity index (χ2n) is 5.12. The average Bonchev–Trinajstić information content (AvgIpc) is 3.26. The number of fused-ring (bicyclic) bond motifs is 1. The summed E-state index contributed by atoms with van der Waals surface area (Å²) in [4.78, 5) is 26.3. The number of carbonyl (C=O) groups excluding carboxylic acids is 2. The number of imide groups is 1. The quantitative estimate of drug-likeness (QED) is 0.741. The van der Waals surface area contributed by atoms with Gasteiger partial charge < -0.3 is 9.47 Å². The van der Waals surface area contributed by atoms with Gasteiger partial charge in [-0.3, -0.25) is 14.5 Å². The van der Waals surface area contributed by atoms with E-state index in [1.54, 1.807) is 18.2 Å². The molecule has 0 unspecified atom stereocenters. The first-order valence-electron chi connectivity index (χ1n) is 6.97. The fourth-order valence-electron chi connectivity index (χ4n) is 2.40. The summed E-state index contributed by atoms with van der Waals surface area (Å²) in [7, 11) is 0. The molecule has 1 fully saturated rings. The van der Waals surface area contributed by atoms with Crippen molar-refractivity contribution in [1.29, 1.82) is 0 Å². The van der Waals surface area contributed by atoms with E-state index in [1.807, 2.05) is 16.8 Å². The van der Waals surface area contributed by atoms with E-state index < -0.39 is 0 Å². The minimum atomic E-state index is -0.315. The fourth-order valence-corrected chi connectivity index (χ4v) is 4.07. The summed E-state index contributed by atoms with van der Waals surface area (Å²) in [5.41, 5.74) is 1.55. The second-order valence-corrected chi connectivity index (χ2v) is 7.30. The van der Waals surface area contributed by atoms with Crippen LogP contribution in [0.15, 0.2) is 33.9 Å². The molecule has 0 atom stereocenters.